The number of hydrogen-bond acceptors (Lipinski definition) is 5. The van der Waals surface area contributed by atoms with Crippen LogP contribution < -0.4 is 10.2 Å². The Labute approximate surface area is 189 Å². The summed E-state index contributed by atoms with van der Waals surface area (Å²) < 4.78 is 6.12. The maximum Gasteiger partial charge on any atom is 0.285 e. The number of thiocarbonyl (C=S) groups is 1. The van der Waals surface area contributed by atoms with E-state index in [1.807, 2.05) is 73.7 Å². The van der Waals surface area contributed by atoms with Crippen molar-refractivity contribution in [3.8, 4) is 11.5 Å². The summed E-state index contributed by atoms with van der Waals surface area (Å²) in [5.41, 5.74) is 4.71. The van der Waals surface area contributed by atoms with Crippen LogP contribution in [0.2, 0.25) is 0 Å². The molecular weight excluding hydrogens is 428 g/mol. The number of nitrogens with one attached hydrogen (secondary N) is 1. The standard InChI is InChI=1S/C24H18N2O3S2/c1-16-8-5-6-13-20(16)22(27)25-26-23(28)21(31-24(26)30)15-17-9-7-12-19(14-17)29-18-10-3-2-4-11-18/h2-15H,1H3,(H,25,27)/b21-15+. The Bertz CT molecular complexity index is 1190. The summed E-state index contributed by atoms with van der Waals surface area (Å²) >= 11 is 6.45. The highest BCUT2D eigenvalue weighted by atomic mass is 32.2. The molecule has 0 unspecified atom stereocenters. The first kappa shape index (κ1) is 20.8. The summed E-state index contributed by atoms with van der Waals surface area (Å²) in [6, 6.07) is 24.0. The number of thioether (sulfide) groups is 1. The molecule has 0 saturated carbocycles. The summed E-state index contributed by atoms with van der Waals surface area (Å²) in [5.74, 6) is 0.633. The van der Waals surface area contributed by atoms with Gasteiger partial charge in [-0.05, 0) is 66.7 Å². The van der Waals surface area contributed by atoms with E-state index >= 15 is 0 Å². The van der Waals surface area contributed by atoms with E-state index in [4.69, 9.17) is 17.0 Å². The quantitative estimate of drug-likeness (QED) is 0.424. The second-order valence-electron chi connectivity index (χ2n) is 6.76. The second-order valence-corrected chi connectivity index (χ2v) is 8.44. The van der Waals surface area contributed by atoms with Crippen molar-refractivity contribution in [2.45, 2.75) is 6.92 Å². The summed E-state index contributed by atoms with van der Waals surface area (Å²) in [4.78, 5) is 25.9. The van der Waals surface area contributed by atoms with E-state index in [1.54, 1.807) is 18.2 Å². The van der Waals surface area contributed by atoms with Gasteiger partial charge in [0.15, 0.2) is 4.32 Å². The molecule has 1 N–H and O–H groups in total. The molecule has 3 aromatic carbocycles. The van der Waals surface area contributed by atoms with E-state index in [9.17, 15) is 9.59 Å². The maximum atomic E-state index is 12.9. The van der Waals surface area contributed by atoms with Gasteiger partial charge in [0.25, 0.3) is 11.8 Å². The first-order valence-corrected chi connectivity index (χ1v) is 10.7. The number of carbonyl (C=O) groups excluding carboxylic acids is 2. The summed E-state index contributed by atoms with van der Waals surface area (Å²) in [6.45, 7) is 1.84. The first-order chi connectivity index (χ1) is 15.0. The molecule has 0 aromatic heterocycles. The van der Waals surface area contributed by atoms with Gasteiger partial charge in [0.05, 0.1) is 4.91 Å². The first-order valence-electron chi connectivity index (χ1n) is 9.49. The number of hydrazine groups is 1. The van der Waals surface area contributed by atoms with Crippen molar-refractivity contribution in [3.63, 3.8) is 0 Å². The van der Waals surface area contributed by atoms with Crippen LogP contribution in [0.3, 0.4) is 0 Å². The summed E-state index contributed by atoms with van der Waals surface area (Å²) in [6.07, 6.45) is 1.73. The van der Waals surface area contributed by atoms with Crippen LogP contribution in [0.25, 0.3) is 6.08 Å². The molecule has 4 rings (SSSR count). The fourth-order valence-corrected chi connectivity index (χ4v) is 4.18. The van der Waals surface area contributed by atoms with Gasteiger partial charge >= 0.3 is 0 Å². The van der Waals surface area contributed by atoms with E-state index in [0.717, 1.165) is 33.6 Å². The number of rotatable bonds is 5. The molecule has 3 aromatic rings. The minimum atomic E-state index is -0.381. The van der Waals surface area contributed by atoms with Crippen LogP contribution in [0.4, 0.5) is 0 Å². The van der Waals surface area contributed by atoms with Gasteiger partial charge in [-0.25, -0.2) is 0 Å². The predicted octanol–water partition coefficient (Wildman–Crippen LogP) is 5.33. The van der Waals surface area contributed by atoms with Crippen molar-refractivity contribution in [3.05, 3.63) is 100 Å². The number of carbonyl (C=O) groups is 2. The van der Waals surface area contributed by atoms with Crippen LogP contribution in [-0.2, 0) is 4.79 Å². The molecule has 1 heterocycles. The maximum absolute atomic E-state index is 12.9. The van der Waals surface area contributed by atoms with Crippen molar-refractivity contribution in [2.24, 2.45) is 0 Å². The fourth-order valence-electron chi connectivity index (χ4n) is 3.00. The van der Waals surface area contributed by atoms with Gasteiger partial charge in [-0.15, -0.1) is 0 Å². The molecular formula is C24H18N2O3S2. The number of benzene rings is 3. The molecule has 0 bridgehead atoms. The normalized spacial score (nSPS) is 14.7. The molecule has 1 fully saturated rings. The Kier molecular flexibility index (Phi) is 6.16. The summed E-state index contributed by atoms with van der Waals surface area (Å²) in [5, 5.41) is 1.12. The number of para-hydroxylation sites is 1. The highest BCUT2D eigenvalue weighted by Gasteiger charge is 2.34. The number of nitrogens with zero attached hydrogens (tertiary/aromatic N) is 1. The van der Waals surface area contributed by atoms with Gasteiger partial charge in [-0.1, -0.05) is 60.3 Å². The van der Waals surface area contributed by atoms with Gasteiger partial charge < -0.3 is 4.74 Å². The number of aryl methyl sites for hydroxylation is 1. The Balaban J connectivity index is 1.50. The average molecular weight is 447 g/mol. The highest BCUT2D eigenvalue weighted by molar-refractivity contribution is 8.26. The lowest BCUT2D eigenvalue weighted by Crippen LogP contribution is -2.45. The van der Waals surface area contributed by atoms with Crippen molar-refractivity contribution < 1.29 is 14.3 Å². The van der Waals surface area contributed by atoms with E-state index in [-0.39, 0.29) is 16.1 Å². The Hall–Kier alpha value is -3.42. The largest absolute Gasteiger partial charge is 0.457 e. The van der Waals surface area contributed by atoms with Crippen molar-refractivity contribution >= 4 is 46.2 Å². The van der Waals surface area contributed by atoms with Crippen molar-refractivity contribution in [1.82, 2.24) is 10.4 Å². The van der Waals surface area contributed by atoms with Crippen LogP contribution in [-0.4, -0.2) is 21.1 Å². The molecule has 154 valence electrons. The van der Waals surface area contributed by atoms with Gasteiger partial charge in [0, 0.05) is 5.56 Å². The van der Waals surface area contributed by atoms with E-state index < -0.39 is 0 Å². The minimum absolute atomic E-state index is 0.273. The third-order valence-corrected chi connectivity index (χ3v) is 5.83. The molecule has 7 heteroatoms. The SMILES string of the molecule is Cc1ccccc1C(=O)NN1C(=O)/C(=C\c2cccc(Oc3ccccc3)c2)SC1=S. The lowest BCUT2D eigenvalue weighted by Gasteiger charge is -2.16. The van der Waals surface area contributed by atoms with Gasteiger partial charge in [0.2, 0.25) is 0 Å². The smallest absolute Gasteiger partial charge is 0.285 e. The molecule has 1 saturated heterocycles. The molecule has 1 aliphatic heterocycles. The Morgan fingerprint density at radius 1 is 1.00 bits per heavy atom. The Morgan fingerprint density at radius 3 is 2.48 bits per heavy atom. The summed E-state index contributed by atoms with van der Waals surface area (Å²) in [7, 11) is 0. The zero-order valence-corrected chi connectivity index (χ0v) is 18.2. The molecule has 5 nitrogen and oxygen atoms in total. The van der Waals surface area contributed by atoms with E-state index in [0.29, 0.717) is 16.2 Å². The zero-order chi connectivity index (χ0) is 21.8. The lowest BCUT2D eigenvalue weighted by molar-refractivity contribution is -0.123. The van der Waals surface area contributed by atoms with Crippen LogP contribution in [0.5, 0.6) is 11.5 Å². The van der Waals surface area contributed by atoms with E-state index in [1.165, 1.54) is 0 Å². The second kappa shape index (κ2) is 9.16. The number of amides is 2. The third kappa shape index (κ3) is 4.84. The molecule has 0 atom stereocenters. The van der Waals surface area contributed by atoms with Crippen LogP contribution in [0.15, 0.2) is 83.8 Å². The number of ether oxygens (including phenoxy) is 1. The molecule has 0 radical (unpaired) electrons. The molecule has 2 amide bonds. The highest BCUT2D eigenvalue weighted by Crippen LogP contribution is 2.32. The minimum Gasteiger partial charge on any atom is -0.457 e. The molecule has 0 spiro atoms. The van der Waals surface area contributed by atoms with Gasteiger partial charge in [0.1, 0.15) is 11.5 Å². The zero-order valence-electron chi connectivity index (χ0n) is 16.6. The lowest BCUT2D eigenvalue weighted by atomic mass is 10.1. The predicted molar refractivity (Wildman–Crippen MR) is 127 cm³/mol. The monoisotopic (exact) mass is 446 g/mol. The van der Waals surface area contributed by atoms with Crippen molar-refractivity contribution in [1.29, 1.82) is 0 Å². The average Bonchev–Trinajstić information content (AvgIpc) is 3.02. The van der Waals surface area contributed by atoms with Crippen LogP contribution in [0.1, 0.15) is 21.5 Å². The topological polar surface area (TPSA) is 58.6 Å². The molecule has 1 aliphatic rings. The number of hydrogen-bond donors (Lipinski definition) is 1. The fraction of sp³-hybridized carbons (Fsp3) is 0.0417. The van der Waals surface area contributed by atoms with Gasteiger partial charge in [-0.2, -0.15) is 5.01 Å². The third-order valence-electron chi connectivity index (χ3n) is 4.53. The van der Waals surface area contributed by atoms with Gasteiger partial charge in [-0.3, -0.25) is 15.0 Å². The van der Waals surface area contributed by atoms with E-state index in [2.05, 4.69) is 5.43 Å². The van der Waals surface area contributed by atoms with Crippen LogP contribution in [0, 0.1) is 6.92 Å². The Morgan fingerprint density at radius 2 is 1.71 bits per heavy atom. The molecule has 31 heavy (non-hydrogen) atoms. The van der Waals surface area contributed by atoms with Crippen LogP contribution >= 0.6 is 24.0 Å². The van der Waals surface area contributed by atoms with Crippen molar-refractivity contribution in [2.75, 3.05) is 0 Å². The molecule has 0 aliphatic carbocycles.